The Labute approximate surface area is 143 Å². The van der Waals surface area contributed by atoms with Crippen LogP contribution >= 0.6 is 0 Å². The van der Waals surface area contributed by atoms with Crippen molar-refractivity contribution in [2.24, 2.45) is 0 Å². The van der Waals surface area contributed by atoms with E-state index in [1.54, 1.807) is 18.2 Å². The van der Waals surface area contributed by atoms with Crippen LogP contribution in [0.25, 0.3) is 17.1 Å². The highest BCUT2D eigenvalue weighted by Crippen LogP contribution is 2.27. The number of ether oxygens (including phenoxy) is 1. The topological polar surface area (TPSA) is 120 Å². The van der Waals surface area contributed by atoms with Crippen LogP contribution in [0, 0.1) is 11.3 Å². The van der Waals surface area contributed by atoms with Crippen molar-refractivity contribution in [3.05, 3.63) is 47.6 Å². The van der Waals surface area contributed by atoms with Crippen LogP contribution in [0.4, 0.5) is 5.69 Å². The highest BCUT2D eigenvalue weighted by atomic mass is 16.5. The van der Waals surface area contributed by atoms with E-state index in [2.05, 4.69) is 10.2 Å². The Kier molecular flexibility index (Phi) is 4.22. The van der Waals surface area contributed by atoms with E-state index in [0.29, 0.717) is 29.5 Å². The molecule has 0 aliphatic rings. The standard InChI is InChI=1S/C17H15N5O3/c1-3-13-20-21-16(25-13)10-5-4-6-12(7-10)22-9-11(8-18)14(19)15(22)17(23)24-2/h4-7,9H,3,19H2,1-2H3. The summed E-state index contributed by atoms with van der Waals surface area (Å²) in [7, 11) is 1.26. The van der Waals surface area contributed by atoms with Gasteiger partial charge >= 0.3 is 5.97 Å². The fraction of sp³-hybridized carbons (Fsp3) is 0.176. The van der Waals surface area contributed by atoms with E-state index < -0.39 is 5.97 Å². The lowest BCUT2D eigenvalue weighted by molar-refractivity contribution is 0.0593. The Morgan fingerprint density at radius 3 is 2.88 bits per heavy atom. The zero-order valence-corrected chi connectivity index (χ0v) is 13.7. The summed E-state index contributed by atoms with van der Waals surface area (Å²) in [4.78, 5) is 12.1. The van der Waals surface area contributed by atoms with Crippen LogP contribution in [-0.4, -0.2) is 27.8 Å². The molecule has 0 aliphatic heterocycles. The number of nitrogen functional groups attached to an aromatic ring is 1. The molecule has 0 radical (unpaired) electrons. The first-order valence-corrected chi connectivity index (χ1v) is 7.51. The molecule has 2 N–H and O–H groups in total. The number of esters is 1. The number of nitrogens with two attached hydrogens (primary N) is 1. The highest BCUT2D eigenvalue weighted by Gasteiger charge is 2.22. The molecule has 0 unspecified atom stereocenters. The molecule has 126 valence electrons. The highest BCUT2D eigenvalue weighted by molar-refractivity contribution is 5.96. The number of hydrogen-bond donors (Lipinski definition) is 1. The first-order chi connectivity index (χ1) is 12.1. The lowest BCUT2D eigenvalue weighted by atomic mass is 10.2. The van der Waals surface area contributed by atoms with Gasteiger partial charge in [-0.25, -0.2) is 4.79 Å². The predicted octanol–water partition coefficient (Wildman–Crippen LogP) is 2.33. The van der Waals surface area contributed by atoms with Crippen LogP contribution < -0.4 is 5.73 Å². The van der Waals surface area contributed by atoms with E-state index in [1.165, 1.54) is 17.9 Å². The SMILES string of the molecule is CCc1nnc(-c2cccc(-n3cc(C#N)c(N)c3C(=O)OC)c2)o1. The molecule has 1 aromatic carbocycles. The van der Waals surface area contributed by atoms with Gasteiger partial charge in [0.1, 0.15) is 6.07 Å². The summed E-state index contributed by atoms with van der Waals surface area (Å²) in [5.41, 5.74) is 7.57. The second-order valence-electron chi connectivity index (χ2n) is 5.18. The maximum Gasteiger partial charge on any atom is 0.357 e. The van der Waals surface area contributed by atoms with Gasteiger partial charge in [0.2, 0.25) is 11.8 Å². The van der Waals surface area contributed by atoms with Crippen LogP contribution in [0.1, 0.15) is 28.9 Å². The number of nitriles is 1. The summed E-state index contributed by atoms with van der Waals surface area (Å²) < 4.78 is 11.9. The number of hydrogen-bond acceptors (Lipinski definition) is 7. The average Bonchev–Trinajstić information content (AvgIpc) is 3.25. The third-order valence-electron chi connectivity index (χ3n) is 3.68. The molecule has 0 spiro atoms. The van der Waals surface area contributed by atoms with Crippen LogP contribution in [0.2, 0.25) is 0 Å². The first-order valence-electron chi connectivity index (χ1n) is 7.51. The number of nitrogens with zero attached hydrogens (tertiary/aromatic N) is 4. The number of benzene rings is 1. The van der Waals surface area contributed by atoms with Crippen molar-refractivity contribution in [2.45, 2.75) is 13.3 Å². The zero-order chi connectivity index (χ0) is 18.0. The van der Waals surface area contributed by atoms with E-state index >= 15 is 0 Å². The number of carbonyl (C=O) groups excluding carboxylic acids is 1. The van der Waals surface area contributed by atoms with Gasteiger partial charge in [0, 0.05) is 23.9 Å². The van der Waals surface area contributed by atoms with Crippen molar-refractivity contribution in [3.63, 3.8) is 0 Å². The molecule has 0 saturated heterocycles. The number of aryl methyl sites for hydroxylation is 1. The maximum absolute atomic E-state index is 12.1. The fourth-order valence-electron chi connectivity index (χ4n) is 2.42. The molecular formula is C17H15N5O3. The van der Waals surface area contributed by atoms with E-state index in [4.69, 9.17) is 14.9 Å². The van der Waals surface area contributed by atoms with Gasteiger partial charge in [-0.05, 0) is 18.2 Å². The van der Waals surface area contributed by atoms with Crippen LogP contribution in [0.3, 0.4) is 0 Å². The molecule has 0 amide bonds. The molecule has 0 saturated carbocycles. The van der Waals surface area contributed by atoms with Gasteiger partial charge in [0.05, 0.1) is 18.4 Å². The fourth-order valence-corrected chi connectivity index (χ4v) is 2.42. The number of rotatable bonds is 4. The summed E-state index contributed by atoms with van der Waals surface area (Å²) in [5, 5.41) is 17.1. The minimum atomic E-state index is -0.629. The number of carbonyl (C=O) groups is 1. The third-order valence-corrected chi connectivity index (χ3v) is 3.68. The molecule has 8 heteroatoms. The van der Waals surface area contributed by atoms with E-state index in [1.807, 2.05) is 19.1 Å². The quantitative estimate of drug-likeness (QED) is 0.725. The van der Waals surface area contributed by atoms with Gasteiger partial charge in [-0.15, -0.1) is 10.2 Å². The van der Waals surface area contributed by atoms with Gasteiger partial charge in [-0.2, -0.15) is 5.26 Å². The normalized spacial score (nSPS) is 10.4. The summed E-state index contributed by atoms with van der Waals surface area (Å²) in [6.07, 6.45) is 2.13. The molecular weight excluding hydrogens is 322 g/mol. The Balaban J connectivity index is 2.13. The molecule has 2 aromatic heterocycles. The molecule has 0 fully saturated rings. The average molecular weight is 337 g/mol. The number of methoxy groups -OCH3 is 1. The first kappa shape index (κ1) is 16.3. The predicted molar refractivity (Wildman–Crippen MR) is 88.9 cm³/mol. The summed E-state index contributed by atoms with van der Waals surface area (Å²) in [5.74, 6) is 0.280. The molecule has 3 aromatic rings. The molecule has 2 heterocycles. The van der Waals surface area contributed by atoms with Crippen LogP contribution in [0.5, 0.6) is 0 Å². The van der Waals surface area contributed by atoms with Gasteiger partial charge in [0.25, 0.3) is 0 Å². The molecule has 0 atom stereocenters. The summed E-state index contributed by atoms with van der Waals surface area (Å²) >= 11 is 0. The van der Waals surface area contributed by atoms with Crippen molar-refractivity contribution in [1.29, 1.82) is 5.26 Å². The van der Waals surface area contributed by atoms with Gasteiger partial charge in [-0.1, -0.05) is 13.0 Å². The lowest BCUT2D eigenvalue weighted by Crippen LogP contribution is -2.11. The van der Waals surface area contributed by atoms with E-state index in [0.717, 1.165) is 0 Å². The number of anilines is 1. The smallest absolute Gasteiger partial charge is 0.357 e. The minimum absolute atomic E-state index is 0.0748. The molecule has 0 aliphatic carbocycles. The Morgan fingerprint density at radius 2 is 2.24 bits per heavy atom. The monoisotopic (exact) mass is 337 g/mol. The van der Waals surface area contributed by atoms with E-state index in [9.17, 15) is 10.1 Å². The van der Waals surface area contributed by atoms with Crippen molar-refractivity contribution in [1.82, 2.24) is 14.8 Å². The Hall–Kier alpha value is -3.60. The van der Waals surface area contributed by atoms with Crippen LogP contribution in [0.15, 0.2) is 34.9 Å². The third kappa shape index (κ3) is 2.83. The van der Waals surface area contributed by atoms with Crippen LogP contribution in [-0.2, 0) is 11.2 Å². The maximum atomic E-state index is 12.1. The van der Waals surface area contributed by atoms with Crippen molar-refractivity contribution in [3.8, 4) is 23.2 Å². The summed E-state index contributed by atoms with van der Waals surface area (Å²) in [6.45, 7) is 1.92. The second kappa shape index (κ2) is 6.49. The molecule has 3 rings (SSSR count). The van der Waals surface area contributed by atoms with Gasteiger partial charge in [-0.3, -0.25) is 0 Å². The Morgan fingerprint density at radius 1 is 1.44 bits per heavy atom. The summed E-state index contributed by atoms with van der Waals surface area (Å²) in [6, 6.07) is 9.10. The largest absolute Gasteiger partial charge is 0.464 e. The van der Waals surface area contributed by atoms with Crippen molar-refractivity contribution in [2.75, 3.05) is 12.8 Å². The van der Waals surface area contributed by atoms with E-state index in [-0.39, 0.29) is 16.9 Å². The molecule has 0 bridgehead atoms. The number of aromatic nitrogens is 3. The minimum Gasteiger partial charge on any atom is -0.464 e. The Bertz CT molecular complexity index is 981. The lowest BCUT2D eigenvalue weighted by Gasteiger charge is -2.09. The second-order valence-corrected chi connectivity index (χ2v) is 5.18. The zero-order valence-electron chi connectivity index (χ0n) is 13.7. The van der Waals surface area contributed by atoms with Crippen molar-refractivity contribution >= 4 is 11.7 Å². The molecule has 25 heavy (non-hydrogen) atoms. The van der Waals surface area contributed by atoms with Gasteiger partial charge in [0.15, 0.2) is 5.69 Å². The van der Waals surface area contributed by atoms with Gasteiger partial charge < -0.3 is 19.5 Å². The van der Waals surface area contributed by atoms with Crippen molar-refractivity contribution < 1.29 is 13.9 Å². The molecule has 8 nitrogen and oxygen atoms in total.